The van der Waals surface area contributed by atoms with E-state index in [1.54, 1.807) is 12.3 Å². The SMILES string of the molecule is O=C(O)c1cc2c(nc1SCc1ccco1)CCCC2. The van der Waals surface area contributed by atoms with Crippen molar-refractivity contribution >= 4 is 17.7 Å². The maximum atomic E-state index is 11.4. The number of hydrogen-bond acceptors (Lipinski definition) is 4. The van der Waals surface area contributed by atoms with Crippen LogP contribution in [-0.4, -0.2) is 16.1 Å². The maximum absolute atomic E-state index is 11.4. The van der Waals surface area contributed by atoms with Gasteiger partial charge in [-0.05, 0) is 49.4 Å². The monoisotopic (exact) mass is 289 g/mol. The van der Waals surface area contributed by atoms with Crippen molar-refractivity contribution in [3.05, 3.63) is 47.0 Å². The van der Waals surface area contributed by atoms with E-state index < -0.39 is 5.97 Å². The first kappa shape index (κ1) is 13.2. The van der Waals surface area contributed by atoms with Gasteiger partial charge < -0.3 is 9.52 Å². The number of thioether (sulfide) groups is 1. The second kappa shape index (κ2) is 5.71. The molecule has 0 amide bonds. The lowest BCUT2D eigenvalue weighted by Crippen LogP contribution is -2.10. The van der Waals surface area contributed by atoms with E-state index in [0.29, 0.717) is 16.3 Å². The number of carboxylic acid groups (broad SMARTS) is 1. The van der Waals surface area contributed by atoms with E-state index >= 15 is 0 Å². The molecular formula is C15H15NO3S. The molecule has 5 heteroatoms. The molecule has 4 nitrogen and oxygen atoms in total. The number of aromatic nitrogens is 1. The summed E-state index contributed by atoms with van der Waals surface area (Å²) in [5, 5.41) is 9.94. The highest BCUT2D eigenvalue weighted by atomic mass is 32.2. The van der Waals surface area contributed by atoms with Gasteiger partial charge in [0.15, 0.2) is 0 Å². The summed E-state index contributed by atoms with van der Waals surface area (Å²) >= 11 is 1.42. The Labute approximate surface area is 121 Å². The van der Waals surface area contributed by atoms with Crippen LogP contribution in [-0.2, 0) is 18.6 Å². The van der Waals surface area contributed by atoms with Gasteiger partial charge in [0, 0.05) is 5.69 Å². The van der Waals surface area contributed by atoms with Gasteiger partial charge in [0.05, 0.1) is 17.6 Å². The number of carboxylic acids is 1. The Morgan fingerprint density at radius 1 is 1.40 bits per heavy atom. The minimum Gasteiger partial charge on any atom is -0.478 e. The zero-order valence-corrected chi connectivity index (χ0v) is 11.8. The Balaban J connectivity index is 1.89. The molecule has 0 saturated heterocycles. The number of rotatable bonds is 4. The number of carbonyl (C=O) groups is 1. The number of nitrogens with zero attached hydrogens (tertiary/aromatic N) is 1. The summed E-state index contributed by atoms with van der Waals surface area (Å²) in [6.07, 6.45) is 5.75. The minimum absolute atomic E-state index is 0.308. The molecule has 0 unspecified atom stereocenters. The highest BCUT2D eigenvalue weighted by Gasteiger charge is 2.19. The molecule has 0 fully saturated rings. The Kier molecular flexibility index (Phi) is 3.78. The quantitative estimate of drug-likeness (QED) is 0.872. The van der Waals surface area contributed by atoms with E-state index in [-0.39, 0.29) is 0 Å². The van der Waals surface area contributed by atoms with Crippen molar-refractivity contribution in [3.63, 3.8) is 0 Å². The maximum Gasteiger partial charge on any atom is 0.338 e. The van der Waals surface area contributed by atoms with E-state index in [4.69, 9.17) is 4.42 Å². The number of aryl methyl sites for hydroxylation is 2. The average molecular weight is 289 g/mol. The van der Waals surface area contributed by atoms with Gasteiger partial charge >= 0.3 is 5.97 Å². The summed E-state index contributed by atoms with van der Waals surface area (Å²) in [5.41, 5.74) is 2.46. The van der Waals surface area contributed by atoms with Crippen molar-refractivity contribution in [2.45, 2.75) is 36.5 Å². The van der Waals surface area contributed by atoms with E-state index in [1.807, 2.05) is 12.1 Å². The standard InChI is InChI=1S/C15H15NO3S/c17-15(18)12-8-10-4-1-2-6-13(10)16-14(12)20-9-11-5-3-7-19-11/h3,5,7-8H,1-2,4,6,9H2,(H,17,18). The summed E-state index contributed by atoms with van der Waals surface area (Å²) in [5.74, 6) is 0.512. The number of aromatic carboxylic acids is 1. The Bertz CT molecular complexity index is 622. The normalized spacial score (nSPS) is 14.0. The number of furan rings is 1. The van der Waals surface area contributed by atoms with Crippen molar-refractivity contribution in [1.29, 1.82) is 0 Å². The first-order valence-electron chi connectivity index (χ1n) is 6.65. The van der Waals surface area contributed by atoms with E-state index in [9.17, 15) is 9.90 Å². The molecule has 0 radical (unpaired) electrons. The van der Waals surface area contributed by atoms with Crippen LogP contribution in [0.1, 0.15) is 40.2 Å². The minimum atomic E-state index is -0.909. The number of hydrogen-bond donors (Lipinski definition) is 1. The largest absolute Gasteiger partial charge is 0.478 e. The molecule has 1 N–H and O–H groups in total. The van der Waals surface area contributed by atoms with E-state index in [2.05, 4.69) is 4.98 Å². The third kappa shape index (κ3) is 2.72. The summed E-state index contributed by atoms with van der Waals surface area (Å²) in [4.78, 5) is 16.0. The molecule has 2 aromatic heterocycles. The van der Waals surface area contributed by atoms with Crippen LogP contribution in [0.4, 0.5) is 0 Å². The molecular weight excluding hydrogens is 274 g/mol. The molecule has 104 valence electrons. The molecule has 0 saturated carbocycles. The van der Waals surface area contributed by atoms with Crippen LogP contribution in [0.25, 0.3) is 0 Å². The van der Waals surface area contributed by atoms with Crippen molar-refractivity contribution in [2.24, 2.45) is 0 Å². The predicted molar refractivity (Wildman–Crippen MR) is 76.1 cm³/mol. The first-order chi connectivity index (χ1) is 9.74. The molecule has 2 heterocycles. The molecule has 0 spiro atoms. The topological polar surface area (TPSA) is 63.3 Å². The first-order valence-corrected chi connectivity index (χ1v) is 7.64. The summed E-state index contributed by atoms with van der Waals surface area (Å²) < 4.78 is 5.27. The molecule has 0 atom stereocenters. The lowest BCUT2D eigenvalue weighted by molar-refractivity contribution is 0.0692. The van der Waals surface area contributed by atoms with E-state index in [0.717, 1.165) is 42.7 Å². The van der Waals surface area contributed by atoms with Crippen molar-refractivity contribution in [2.75, 3.05) is 0 Å². The van der Waals surface area contributed by atoms with Crippen molar-refractivity contribution < 1.29 is 14.3 Å². The molecule has 1 aliphatic carbocycles. The smallest absolute Gasteiger partial charge is 0.338 e. The Morgan fingerprint density at radius 3 is 3.00 bits per heavy atom. The van der Waals surface area contributed by atoms with Crippen LogP contribution < -0.4 is 0 Å². The lowest BCUT2D eigenvalue weighted by Gasteiger charge is -2.17. The Hall–Kier alpha value is -1.75. The number of fused-ring (bicyclic) bond motifs is 1. The molecule has 3 rings (SSSR count). The van der Waals surface area contributed by atoms with E-state index in [1.165, 1.54) is 11.8 Å². The number of pyridine rings is 1. The second-order valence-corrected chi connectivity index (χ2v) is 5.79. The summed E-state index contributed by atoms with van der Waals surface area (Å²) in [7, 11) is 0. The van der Waals surface area contributed by atoms with Crippen molar-refractivity contribution in [3.8, 4) is 0 Å². The molecule has 1 aliphatic rings. The highest BCUT2D eigenvalue weighted by molar-refractivity contribution is 7.98. The van der Waals surface area contributed by atoms with Gasteiger partial charge in [-0.1, -0.05) is 11.8 Å². The summed E-state index contributed by atoms with van der Waals surface area (Å²) in [6, 6.07) is 5.51. The van der Waals surface area contributed by atoms with Crippen LogP contribution in [0.15, 0.2) is 33.9 Å². The van der Waals surface area contributed by atoms with Crippen molar-refractivity contribution in [1.82, 2.24) is 4.98 Å². The lowest BCUT2D eigenvalue weighted by atomic mass is 9.95. The molecule has 2 aromatic rings. The second-order valence-electron chi connectivity index (χ2n) is 4.83. The van der Waals surface area contributed by atoms with Crippen LogP contribution in [0.2, 0.25) is 0 Å². The molecule has 0 aliphatic heterocycles. The van der Waals surface area contributed by atoms with Crippen LogP contribution in [0.5, 0.6) is 0 Å². The fraction of sp³-hybridized carbons (Fsp3) is 0.333. The third-order valence-electron chi connectivity index (χ3n) is 3.43. The third-order valence-corrected chi connectivity index (χ3v) is 4.44. The van der Waals surface area contributed by atoms with Crippen LogP contribution >= 0.6 is 11.8 Å². The zero-order valence-electron chi connectivity index (χ0n) is 11.0. The van der Waals surface area contributed by atoms with Gasteiger partial charge in [-0.3, -0.25) is 0 Å². The van der Waals surface area contributed by atoms with Gasteiger partial charge in [-0.15, -0.1) is 0 Å². The molecule has 20 heavy (non-hydrogen) atoms. The van der Waals surface area contributed by atoms with Crippen LogP contribution in [0.3, 0.4) is 0 Å². The fourth-order valence-electron chi connectivity index (χ4n) is 2.41. The van der Waals surface area contributed by atoms with Gasteiger partial charge in [0.1, 0.15) is 10.8 Å². The molecule has 0 aromatic carbocycles. The highest BCUT2D eigenvalue weighted by Crippen LogP contribution is 2.29. The van der Waals surface area contributed by atoms with Crippen LogP contribution in [0, 0.1) is 0 Å². The average Bonchev–Trinajstić information content (AvgIpc) is 2.97. The molecule has 0 bridgehead atoms. The fourth-order valence-corrected chi connectivity index (χ4v) is 3.33. The Morgan fingerprint density at radius 2 is 2.25 bits per heavy atom. The zero-order chi connectivity index (χ0) is 13.9. The predicted octanol–water partition coefficient (Wildman–Crippen LogP) is 3.54. The van der Waals surface area contributed by atoms with Gasteiger partial charge in [-0.2, -0.15) is 0 Å². The van der Waals surface area contributed by atoms with Gasteiger partial charge in [-0.25, -0.2) is 9.78 Å². The van der Waals surface area contributed by atoms with Gasteiger partial charge in [0.2, 0.25) is 0 Å². The summed E-state index contributed by atoms with van der Waals surface area (Å²) in [6.45, 7) is 0. The van der Waals surface area contributed by atoms with Gasteiger partial charge in [0.25, 0.3) is 0 Å².